The number of unbranched alkanes of at least 4 members (excludes halogenated alkanes) is 2. The van der Waals surface area contributed by atoms with Crippen molar-refractivity contribution in [3.63, 3.8) is 0 Å². The molecule has 1 unspecified atom stereocenters. The molecule has 7 heteroatoms. The minimum atomic E-state index is -0.597. The van der Waals surface area contributed by atoms with Gasteiger partial charge in [-0.1, -0.05) is 0 Å². The van der Waals surface area contributed by atoms with Gasteiger partial charge in [0, 0.05) is 25.1 Å². The third kappa shape index (κ3) is 3.82. The maximum Gasteiger partial charge on any atom is 0.255 e. The molecule has 2 N–H and O–H groups in total. The van der Waals surface area contributed by atoms with E-state index in [1.54, 1.807) is 12.1 Å². The van der Waals surface area contributed by atoms with Gasteiger partial charge in [-0.15, -0.1) is 0 Å². The van der Waals surface area contributed by atoms with Gasteiger partial charge in [-0.05, 0) is 49.4 Å². The van der Waals surface area contributed by atoms with Crippen LogP contribution in [0.3, 0.4) is 0 Å². The fraction of sp³-hybridized carbons (Fsp3) is 0.500. The van der Waals surface area contributed by atoms with E-state index < -0.39 is 11.9 Å². The van der Waals surface area contributed by atoms with E-state index in [4.69, 9.17) is 9.84 Å². The molecular formula is C18H22N2O5. The summed E-state index contributed by atoms with van der Waals surface area (Å²) in [4.78, 5) is 37.4. The lowest BCUT2D eigenvalue weighted by molar-refractivity contribution is -0.136. The fourth-order valence-corrected chi connectivity index (χ4v) is 3.22. The zero-order valence-electron chi connectivity index (χ0n) is 14.0. The van der Waals surface area contributed by atoms with E-state index in [0.29, 0.717) is 30.9 Å². The number of rotatable bonds is 7. The molecule has 1 fully saturated rings. The van der Waals surface area contributed by atoms with Crippen LogP contribution >= 0.6 is 0 Å². The van der Waals surface area contributed by atoms with Crippen molar-refractivity contribution in [2.75, 3.05) is 13.2 Å². The highest BCUT2D eigenvalue weighted by atomic mass is 16.5. The first-order chi connectivity index (χ1) is 12.1. The number of ether oxygens (including phenoxy) is 1. The molecule has 134 valence electrons. The van der Waals surface area contributed by atoms with Gasteiger partial charge < -0.3 is 14.7 Å². The number of aliphatic hydroxyl groups excluding tert-OH is 1. The van der Waals surface area contributed by atoms with Gasteiger partial charge in [0.05, 0.1) is 6.61 Å². The first kappa shape index (κ1) is 17.4. The van der Waals surface area contributed by atoms with Crippen molar-refractivity contribution in [1.29, 1.82) is 0 Å². The lowest BCUT2D eigenvalue weighted by Gasteiger charge is -2.29. The molecule has 3 amide bonds. The molecule has 0 aromatic heterocycles. The van der Waals surface area contributed by atoms with Crippen LogP contribution in [0.2, 0.25) is 0 Å². The van der Waals surface area contributed by atoms with Crippen LogP contribution in [-0.2, 0) is 16.1 Å². The molecule has 1 atom stereocenters. The van der Waals surface area contributed by atoms with Gasteiger partial charge in [-0.25, -0.2) is 0 Å². The van der Waals surface area contributed by atoms with Gasteiger partial charge in [-0.2, -0.15) is 0 Å². The van der Waals surface area contributed by atoms with Gasteiger partial charge in [0.1, 0.15) is 11.8 Å². The van der Waals surface area contributed by atoms with E-state index in [-0.39, 0.29) is 24.8 Å². The number of nitrogens with zero attached hydrogens (tertiary/aromatic N) is 1. The van der Waals surface area contributed by atoms with Gasteiger partial charge in [0.2, 0.25) is 11.8 Å². The molecule has 0 aliphatic carbocycles. The van der Waals surface area contributed by atoms with Crippen LogP contribution in [0.1, 0.15) is 48.0 Å². The van der Waals surface area contributed by atoms with Crippen molar-refractivity contribution in [2.24, 2.45) is 0 Å². The quantitative estimate of drug-likeness (QED) is 0.567. The molecule has 2 aliphatic rings. The van der Waals surface area contributed by atoms with Crippen LogP contribution in [0.4, 0.5) is 0 Å². The number of piperidine rings is 1. The Morgan fingerprint density at radius 2 is 2.04 bits per heavy atom. The zero-order chi connectivity index (χ0) is 17.8. The van der Waals surface area contributed by atoms with E-state index in [1.807, 2.05) is 6.07 Å². The minimum Gasteiger partial charge on any atom is -0.494 e. The number of nitrogens with one attached hydrogen (secondary N) is 1. The Balaban J connectivity index is 1.63. The van der Waals surface area contributed by atoms with Crippen molar-refractivity contribution in [2.45, 2.75) is 44.7 Å². The summed E-state index contributed by atoms with van der Waals surface area (Å²) in [5, 5.41) is 11.0. The van der Waals surface area contributed by atoms with E-state index in [2.05, 4.69) is 5.32 Å². The summed E-state index contributed by atoms with van der Waals surface area (Å²) in [5.41, 5.74) is 1.42. The smallest absolute Gasteiger partial charge is 0.255 e. The number of hydrogen-bond donors (Lipinski definition) is 2. The molecule has 1 aromatic rings. The third-order valence-corrected chi connectivity index (χ3v) is 4.57. The first-order valence-electron chi connectivity index (χ1n) is 8.61. The molecule has 1 aromatic carbocycles. The summed E-state index contributed by atoms with van der Waals surface area (Å²) < 4.78 is 5.69. The second kappa shape index (κ2) is 7.65. The van der Waals surface area contributed by atoms with Crippen LogP contribution in [0, 0.1) is 0 Å². The molecule has 7 nitrogen and oxygen atoms in total. The Morgan fingerprint density at radius 1 is 1.20 bits per heavy atom. The second-order valence-corrected chi connectivity index (χ2v) is 6.35. The van der Waals surface area contributed by atoms with E-state index in [9.17, 15) is 14.4 Å². The second-order valence-electron chi connectivity index (χ2n) is 6.35. The van der Waals surface area contributed by atoms with Crippen molar-refractivity contribution in [3.8, 4) is 5.75 Å². The number of hydrogen-bond acceptors (Lipinski definition) is 5. The van der Waals surface area contributed by atoms with E-state index >= 15 is 0 Å². The van der Waals surface area contributed by atoms with Gasteiger partial charge in [0.25, 0.3) is 5.91 Å². The van der Waals surface area contributed by atoms with Crippen molar-refractivity contribution in [1.82, 2.24) is 10.2 Å². The van der Waals surface area contributed by atoms with Gasteiger partial charge in [-0.3, -0.25) is 19.7 Å². The number of amides is 3. The molecule has 1 saturated heterocycles. The summed E-state index contributed by atoms with van der Waals surface area (Å²) in [5.74, 6) is -0.181. The van der Waals surface area contributed by atoms with Crippen LogP contribution < -0.4 is 10.1 Å². The minimum absolute atomic E-state index is 0.181. The molecule has 0 spiro atoms. The number of carbonyl (C=O) groups is 3. The highest BCUT2D eigenvalue weighted by molar-refractivity contribution is 6.05. The number of aliphatic hydroxyl groups is 1. The maximum absolute atomic E-state index is 12.6. The average Bonchev–Trinajstić information content (AvgIpc) is 2.91. The number of benzene rings is 1. The lowest BCUT2D eigenvalue weighted by Crippen LogP contribution is -2.52. The summed E-state index contributed by atoms with van der Waals surface area (Å²) >= 11 is 0. The Kier molecular flexibility index (Phi) is 5.33. The molecule has 0 radical (unpaired) electrons. The molecule has 2 heterocycles. The molecule has 0 saturated carbocycles. The summed E-state index contributed by atoms with van der Waals surface area (Å²) in [7, 11) is 0. The van der Waals surface area contributed by atoms with Gasteiger partial charge in [0.15, 0.2) is 0 Å². The van der Waals surface area contributed by atoms with Crippen LogP contribution in [0.25, 0.3) is 0 Å². The van der Waals surface area contributed by atoms with E-state index in [1.165, 1.54) is 4.90 Å². The van der Waals surface area contributed by atoms with Crippen LogP contribution in [0.15, 0.2) is 18.2 Å². The van der Waals surface area contributed by atoms with Crippen molar-refractivity contribution in [3.05, 3.63) is 29.3 Å². The number of imide groups is 1. The standard InChI is InChI=1S/C18H22N2O5/c21-8-2-1-3-9-25-13-4-5-14-12(10-13)11-20(18(14)24)15-6-7-16(22)19-17(15)23/h4-5,10,15,21H,1-3,6-9,11H2,(H,19,22,23). The monoisotopic (exact) mass is 346 g/mol. The molecule has 0 bridgehead atoms. The SMILES string of the molecule is O=C1CCC(N2Cc3cc(OCCCCCO)ccc3C2=O)C(=O)N1. The summed E-state index contributed by atoms with van der Waals surface area (Å²) in [6, 6.07) is 4.73. The average molecular weight is 346 g/mol. The summed E-state index contributed by atoms with van der Waals surface area (Å²) in [6.07, 6.45) is 3.14. The topological polar surface area (TPSA) is 95.9 Å². The lowest BCUT2D eigenvalue weighted by atomic mass is 10.0. The normalized spacial score (nSPS) is 19.8. The Labute approximate surface area is 146 Å². The molecule has 2 aliphatic heterocycles. The largest absolute Gasteiger partial charge is 0.494 e. The van der Waals surface area contributed by atoms with Crippen molar-refractivity contribution < 1.29 is 24.2 Å². The summed E-state index contributed by atoms with van der Waals surface area (Å²) in [6.45, 7) is 1.10. The van der Waals surface area contributed by atoms with Gasteiger partial charge >= 0.3 is 0 Å². The predicted molar refractivity (Wildman–Crippen MR) is 88.9 cm³/mol. The Morgan fingerprint density at radius 3 is 2.80 bits per heavy atom. The van der Waals surface area contributed by atoms with Crippen LogP contribution in [-0.4, -0.2) is 47.0 Å². The first-order valence-corrected chi connectivity index (χ1v) is 8.61. The highest BCUT2D eigenvalue weighted by Gasteiger charge is 2.39. The zero-order valence-corrected chi connectivity index (χ0v) is 14.0. The van der Waals surface area contributed by atoms with Crippen molar-refractivity contribution >= 4 is 17.7 Å². The number of carbonyl (C=O) groups excluding carboxylic acids is 3. The molecule has 3 rings (SSSR count). The molecule has 25 heavy (non-hydrogen) atoms. The third-order valence-electron chi connectivity index (χ3n) is 4.57. The fourth-order valence-electron chi connectivity index (χ4n) is 3.22. The van der Waals surface area contributed by atoms with E-state index in [0.717, 1.165) is 24.8 Å². The Hall–Kier alpha value is -2.41. The maximum atomic E-state index is 12.6. The highest BCUT2D eigenvalue weighted by Crippen LogP contribution is 2.30. The predicted octanol–water partition coefficient (Wildman–Crippen LogP) is 0.989. The molecular weight excluding hydrogens is 324 g/mol. The Bertz CT molecular complexity index is 688. The number of fused-ring (bicyclic) bond motifs is 1. The van der Waals surface area contributed by atoms with Crippen LogP contribution in [0.5, 0.6) is 5.75 Å².